The number of hydrogen-bond acceptors (Lipinski definition) is 2. The van der Waals surface area contributed by atoms with E-state index in [0.717, 1.165) is 32.1 Å². The maximum atomic E-state index is 11.6. The molecule has 3 heteroatoms. The van der Waals surface area contributed by atoms with Crippen molar-refractivity contribution in [2.75, 3.05) is 6.54 Å². The van der Waals surface area contributed by atoms with Crippen LogP contribution in [-0.2, 0) is 4.79 Å². The minimum Gasteiger partial charge on any atom is -0.388 e. The molecule has 0 heterocycles. The third-order valence-electron chi connectivity index (χ3n) is 3.77. The molecule has 1 fully saturated rings. The number of rotatable bonds is 5. The molecule has 1 amide bonds. The van der Waals surface area contributed by atoms with Crippen LogP contribution >= 0.6 is 0 Å². The van der Waals surface area contributed by atoms with Gasteiger partial charge in [0.05, 0.1) is 5.60 Å². The Bertz CT molecular complexity index is 243. The molecular weight excluding hydrogens is 214 g/mol. The standard InChI is InChI=1S/C14H27NO2/c1-11(2)4-5-13(16)15-10-14(17)8-6-12(3)7-9-14/h11-12,17H,4-10H2,1-3H3,(H,15,16). The number of amides is 1. The van der Waals surface area contributed by atoms with E-state index in [4.69, 9.17) is 0 Å². The van der Waals surface area contributed by atoms with Crippen LogP contribution in [0.25, 0.3) is 0 Å². The van der Waals surface area contributed by atoms with Crippen molar-refractivity contribution < 1.29 is 9.90 Å². The van der Waals surface area contributed by atoms with Crippen molar-refractivity contribution in [1.29, 1.82) is 0 Å². The molecule has 0 spiro atoms. The minimum atomic E-state index is -0.653. The summed E-state index contributed by atoms with van der Waals surface area (Å²) in [6.45, 7) is 6.88. The van der Waals surface area contributed by atoms with Gasteiger partial charge in [-0.15, -0.1) is 0 Å². The first kappa shape index (κ1) is 14.5. The molecule has 0 aromatic carbocycles. The van der Waals surface area contributed by atoms with Gasteiger partial charge in [0, 0.05) is 13.0 Å². The van der Waals surface area contributed by atoms with Crippen molar-refractivity contribution >= 4 is 5.91 Å². The smallest absolute Gasteiger partial charge is 0.220 e. The van der Waals surface area contributed by atoms with Gasteiger partial charge in [-0.1, -0.05) is 20.8 Å². The van der Waals surface area contributed by atoms with Crippen LogP contribution in [0, 0.1) is 11.8 Å². The lowest BCUT2D eigenvalue weighted by Gasteiger charge is -2.35. The average Bonchev–Trinajstić information content (AvgIpc) is 2.28. The summed E-state index contributed by atoms with van der Waals surface area (Å²) in [5, 5.41) is 13.2. The number of hydrogen-bond donors (Lipinski definition) is 2. The van der Waals surface area contributed by atoms with E-state index in [2.05, 4.69) is 26.1 Å². The molecule has 0 aromatic heterocycles. The van der Waals surface area contributed by atoms with E-state index in [1.807, 2.05) is 0 Å². The van der Waals surface area contributed by atoms with Crippen LogP contribution in [0.5, 0.6) is 0 Å². The Balaban J connectivity index is 2.23. The van der Waals surface area contributed by atoms with Gasteiger partial charge in [-0.3, -0.25) is 4.79 Å². The van der Waals surface area contributed by atoms with Crippen LogP contribution in [-0.4, -0.2) is 23.2 Å². The van der Waals surface area contributed by atoms with Crippen LogP contribution in [0.15, 0.2) is 0 Å². The van der Waals surface area contributed by atoms with Gasteiger partial charge in [0.1, 0.15) is 0 Å². The Morgan fingerprint density at radius 1 is 1.41 bits per heavy atom. The van der Waals surface area contributed by atoms with Gasteiger partial charge in [-0.2, -0.15) is 0 Å². The summed E-state index contributed by atoms with van der Waals surface area (Å²) in [5.74, 6) is 1.34. The minimum absolute atomic E-state index is 0.0748. The third-order valence-corrected chi connectivity index (χ3v) is 3.77. The first-order valence-corrected chi connectivity index (χ1v) is 6.90. The fourth-order valence-electron chi connectivity index (χ4n) is 2.25. The van der Waals surface area contributed by atoms with Gasteiger partial charge < -0.3 is 10.4 Å². The molecule has 0 saturated heterocycles. The molecule has 1 rings (SSSR count). The molecular formula is C14H27NO2. The number of aliphatic hydroxyl groups is 1. The molecule has 17 heavy (non-hydrogen) atoms. The average molecular weight is 241 g/mol. The summed E-state index contributed by atoms with van der Waals surface area (Å²) < 4.78 is 0. The SMILES string of the molecule is CC(C)CCC(=O)NCC1(O)CCC(C)CC1. The maximum Gasteiger partial charge on any atom is 0.220 e. The molecule has 0 bridgehead atoms. The van der Waals surface area contributed by atoms with Gasteiger partial charge in [-0.05, 0) is 43.9 Å². The van der Waals surface area contributed by atoms with Gasteiger partial charge in [0.25, 0.3) is 0 Å². The second-order valence-electron chi connectivity index (χ2n) is 6.12. The van der Waals surface area contributed by atoms with Crippen LogP contribution in [0.4, 0.5) is 0 Å². The Kier molecular flexibility index (Phi) is 5.44. The molecule has 0 atom stereocenters. The van der Waals surface area contributed by atoms with Crippen LogP contribution < -0.4 is 5.32 Å². The molecule has 0 aromatic rings. The van der Waals surface area contributed by atoms with E-state index in [1.165, 1.54) is 0 Å². The Labute approximate surface area is 105 Å². The normalized spacial score (nSPS) is 29.4. The van der Waals surface area contributed by atoms with Crippen molar-refractivity contribution in [2.45, 2.75) is 64.9 Å². The van der Waals surface area contributed by atoms with Gasteiger partial charge >= 0.3 is 0 Å². The molecule has 3 nitrogen and oxygen atoms in total. The highest BCUT2D eigenvalue weighted by Gasteiger charge is 2.31. The van der Waals surface area contributed by atoms with E-state index >= 15 is 0 Å². The fourth-order valence-corrected chi connectivity index (χ4v) is 2.25. The number of carbonyl (C=O) groups excluding carboxylic acids is 1. The molecule has 1 aliphatic carbocycles. The third kappa shape index (κ3) is 5.53. The Hall–Kier alpha value is -0.570. The lowest BCUT2D eigenvalue weighted by molar-refractivity contribution is -0.123. The lowest BCUT2D eigenvalue weighted by atomic mass is 9.79. The molecule has 0 radical (unpaired) electrons. The summed E-state index contributed by atoms with van der Waals surface area (Å²) in [4.78, 5) is 11.6. The fraction of sp³-hybridized carbons (Fsp3) is 0.929. The summed E-state index contributed by atoms with van der Waals surface area (Å²) >= 11 is 0. The first-order valence-electron chi connectivity index (χ1n) is 6.90. The monoisotopic (exact) mass is 241 g/mol. The summed E-state index contributed by atoms with van der Waals surface area (Å²) in [5.41, 5.74) is -0.653. The Morgan fingerprint density at radius 2 is 2.00 bits per heavy atom. The topological polar surface area (TPSA) is 49.3 Å². The largest absolute Gasteiger partial charge is 0.388 e. The summed E-state index contributed by atoms with van der Waals surface area (Å²) in [7, 11) is 0. The van der Waals surface area contributed by atoms with E-state index in [0.29, 0.717) is 24.8 Å². The van der Waals surface area contributed by atoms with Gasteiger partial charge in [0.2, 0.25) is 5.91 Å². The summed E-state index contributed by atoms with van der Waals surface area (Å²) in [6, 6.07) is 0. The highest BCUT2D eigenvalue weighted by Crippen LogP contribution is 2.31. The van der Waals surface area contributed by atoms with Crippen molar-refractivity contribution in [2.24, 2.45) is 11.8 Å². The zero-order chi connectivity index (χ0) is 12.9. The van der Waals surface area contributed by atoms with Gasteiger partial charge in [0.15, 0.2) is 0 Å². The molecule has 2 N–H and O–H groups in total. The summed E-state index contributed by atoms with van der Waals surface area (Å²) in [6.07, 6.45) is 5.26. The zero-order valence-corrected chi connectivity index (χ0v) is 11.5. The van der Waals surface area contributed by atoms with Crippen LogP contribution in [0.3, 0.4) is 0 Å². The molecule has 1 saturated carbocycles. The van der Waals surface area contributed by atoms with Crippen molar-refractivity contribution in [1.82, 2.24) is 5.32 Å². The van der Waals surface area contributed by atoms with Gasteiger partial charge in [-0.25, -0.2) is 0 Å². The maximum absolute atomic E-state index is 11.6. The highest BCUT2D eigenvalue weighted by atomic mass is 16.3. The predicted molar refractivity (Wildman–Crippen MR) is 69.7 cm³/mol. The van der Waals surface area contributed by atoms with E-state index < -0.39 is 5.60 Å². The van der Waals surface area contributed by atoms with E-state index in [-0.39, 0.29) is 5.91 Å². The zero-order valence-electron chi connectivity index (χ0n) is 11.5. The van der Waals surface area contributed by atoms with Crippen molar-refractivity contribution in [3.05, 3.63) is 0 Å². The molecule has 0 aliphatic heterocycles. The second-order valence-corrected chi connectivity index (χ2v) is 6.12. The number of carbonyl (C=O) groups is 1. The Morgan fingerprint density at radius 3 is 2.53 bits per heavy atom. The van der Waals surface area contributed by atoms with Crippen LogP contribution in [0.1, 0.15) is 59.3 Å². The molecule has 0 unspecified atom stereocenters. The molecule has 1 aliphatic rings. The van der Waals surface area contributed by atoms with Crippen LogP contribution in [0.2, 0.25) is 0 Å². The second kappa shape index (κ2) is 6.39. The van der Waals surface area contributed by atoms with E-state index in [1.54, 1.807) is 0 Å². The lowest BCUT2D eigenvalue weighted by Crippen LogP contribution is -2.45. The van der Waals surface area contributed by atoms with Crippen molar-refractivity contribution in [3.63, 3.8) is 0 Å². The number of nitrogens with one attached hydrogen (secondary N) is 1. The first-order chi connectivity index (χ1) is 7.91. The predicted octanol–water partition coefficient (Wildman–Crippen LogP) is 2.48. The highest BCUT2D eigenvalue weighted by molar-refractivity contribution is 5.75. The van der Waals surface area contributed by atoms with Crippen molar-refractivity contribution in [3.8, 4) is 0 Å². The molecule has 100 valence electrons. The van der Waals surface area contributed by atoms with E-state index in [9.17, 15) is 9.90 Å². The quantitative estimate of drug-likeness (QED) is 0.777.